The van der Waals surface area contributed by atoms with E-state index in [-0.39, 0.29) is 11.8 Å². The van der Waals surface area contributed by atoms with Crippen LogP contribution in [0.5, 0.6) is 0 Å². The van der Waals surface area contributed by atoms with E-state index in [1.165, 1.54) is 38.5 Å². The summed E-state index contributed by atoms with van der Waals surface area (Å²) in [6.45, 7) is 0. The molecule has 4 nitrogen and oxygen atoms in total. The highest BCUT2D eigenvalue weighted by Gasteiger charge is 2.57. The molecule has 4 fully saturated rings. The fraction of sp³-hybridized carbons (Fsp3) is 0.440. The number of hydrogen-bond acceptors (Lipinski definition) is 4. The van der Waals surface area contributed by atoms with Crippen LogP contribution in [-0.4, -0.2) is 16.3 Å². The Hall–Kier alpha value is -2.80. The van der Waals surface area contributed by atoms with E-state index >= 15 is 0 Å². The second kappa shape index (κ2) is 6.35. The van der Waals surface area contributed by atoms with Crippen molar-refractivity contribution >= 4 is 5.84 Å². The molecule has 1 heterocycles. The molecule has 4 saturated carbocycles. The molecule has 5 aliphatic rings. The lowest BCUT2D eigenvalue weighted by molar-refractivity contribution is -0.116. The minimum Gasteiger partial charge on any atom is -0.363 e. The molecule has 146 valence electrons. The second-order valence-corrected chi connectivity index (χ2v) is 9.49. The molecule has 7 rings (SSSR count). The fourth-order valence-corrected chi connectivity index (χ4v) is 6.89. The van der Waals surface area contributed by atoms with E-state index in [9.17, 15) is 5.26 Å². The Morgan fingerprint density at radius 1 is 0.931 bits per heavy atom. The maximum absolute atomic E-state index is 9.40. The molecule has 1 aliphatic heterocycles. The van der Waals surface area contributed by atoms with E-state index in [1.807, 2.05) is 24.3 Å². The van der Waals surface area contributed by atoms with Crippen LogP contribution < -0.4 is 0 Å². The van der Waals surface area contributed by atoms with E-state index in [1.54, 1.807) is 0 Å². The minimum atomic E-state index is -0.255. The molecule has 2 aromatic carbocycles. The van der Waals surface area contributed by atoms with Crippen LogP contribution in [0.1, 0.15) is 61.4 Å². The molecule has 0 spiro atoms. The third-order valence-corrected chi connectivity index (χ3v) is 7.55. The fourth-order valence-electron chi connectivity index (χ4n) is 6.89. The first-order chi connectivity index (χ1) is 14.2. The molecule has 0 radical (unpaired) electrons. The van der Waals surface area contributed by atoms with Gasteiger partial charge < -0.3 is 9.74 Å². The highest BCUT2D eigenvalue weighted by molar-refractivity contribution is 5.99. The van der Waals surface area contributed by atoms with Gasteiger partial charge in [0.2, 0.25) is 6.23 Å². The predicted molar refractivity (Wildman–Crippen MR) is 111 cm³/mol. The van der Waals surface area contributed by atoms with E-state index in [4.69, 9.17) is 4.84 Å². The number of benzene rings is 2. The zero-order valence-corrected chi connectivity index (χ0v) is 16.5. The lowest BCUT2D eigenvalue weighted by Crippen LogP contribution is -2.61. The summed E-state index contributed by atoms with van der Waals surface area (Å²) in [5.74, 6) is 3.47. The van der Waals surface area contributed by atoms with Crippen molar-refractivity contribution in [3.05, 3.63) is 71.3 Å². The Kier molecular flexibility index (Phi) is 3.74. The maximum atomic E-state index is 9.40. The van der Waals surface area contributed by atoms with Crippen molar-refractivity contribution < 1.29 is 4.84 Å². The van der Waals surface area contributed by atoms with Gasteiger partial charge in [-0.05, 0) is 68.4 Å². The third kappa shape index (κ3) is 2.68. The number of oxime groups is 1. The van der Waals surface area contributed by atoms with Crippen LogP contribution >= 0.6 is 0 Å². The average molecular weight is 383 g/mol. The summed E-state index contributed by atoms with van der Waals surface area (Å²) < 4.78 is 0. The van der Waals surface area contributed by atoms with Gasteiger partial charge in [0, 0.05) is 16.7 Å². The molecule has 0 saturated heterocycles. The molecule has 0 amide bonds. The first-order valence-corrected chi connectivity index (χ1v) is 10.8. The van der Waals surface area contributed by atoms with Crippen LogP contribution in [-0.2, 0) is 4.84 Å². The van der Waals surface area contributed by atoms with Crippen LogP contribution in [0.25, 0.3) is 0 Å². The number of amidine groups is 1. The van der Waals surface area contributed by atoms with Crippen LogP contribution in [0.2, 0.25) is 0 Å². The molecule has 29 heavy (non-hydrogen) atoms. The highest BCUT2D eigenvalue weighted by atomic mass is 16.7. The predicted octanol–water partition coefficient (Wildman–Crippen LogP) is 5.22. The third-order valence-electron chi connectivity index (χ3n) is 7.55. The first kappa shape index (κ1) is 17.1. The van der Waals surface area contributed by atoms with Gasteiger partial charge in [-0.3, -0.25) is 0 Å². The highest BCUT2D eigenvalue weighted by Crippen LogP contribution is 2.60. The summed E-state index contributed by atoms with van der Waals surface area (Å²) >= 11 is 0. The van der Waals surface area contributed by atoms with Crippen molar-refractivity contribution in [2.45, 2.75) is 50.3 Å². The van der Waals surface area contributed by atoms with Gasteiger partial charge in [-0.15, -0.1) is 0 Å². The summed E-state index contributed by atoms with van der Waals surface area (Å²) in [5.41, 5.74) is 2.93. The molecule has 4 bridgehead atoms. The van der Waals surface area contributed by atoms with E-state index in [0.717, 1.165) is 34.7 Å². The molecule has 0 N–H and O–H groups in total. The summed E-state index contributed by atoms with van der Waals surface area (Å²) in [7, 11) is 0. The molecule has 4 aliphatic carbocycles. The SMILES string of the molecule is N#Cc1cccc(C2ON=C(c3ccccc3)N2C23CC4CC(CC(C4)C2)C3)c1. The number of nitrogens with zero attached hydrogens (tertiary/aromatic N) is 3. The standard InChI is InChI=1S/C25H25N3O/c26-16-17-5-4-8-22(12-17)24-28(23(27-29-24)21-6-2-1-3-7-21)25-13-18-9-19(14-25)11-20(10-18)15-25/h1-8,12,18-20,24H,9-11,13-15H2. The Balaban J connectivity index is 1.46. The molecule has 2 aromatic rings. The van der Waals surface area contributed by atoms with Crippen molar-refractivity contribution in [1.82, 2.24) is 4.90 Å². The summed E-state index contributed by atoms with van der Waals surface area (Å²) in [4.78, 5) is 8.62. The summed E-state index contributed by atoms with van der Waals surface area (Å²) in [6, 6.07) is 20.6. The average Bonchev–Trinajstić information content (AvgIpc) is 3.20. The summed E-state index contributed by atoms with van der Waals surface area (Å²) in [5, 5.41) is 14.0. The number of rotatable bonds is 3. The van der Waals surface area contributed by atoms with Crippen LogP contribution in [0.4, 0.5) is 0 Å². The largest absolute Gasteiger partial charge is 0.363 e. The Morgan fingerprint density at radius 2 is 1.62 bits per heavy atom. The van der Waals surface area contributed by atoms with Gasteiger partial charge in [-0.25, -0.2) is 0 Å². The van der Waals surface area contributed by atoms with Gasteiger partial charge in [0.1, 0.15) is 0 Å². The molecular formula is C25H25N3O. The quantitative estimate of drug-likeness (QED) is 0.730. The van der Waals surface area contributed by atoms with E-state index in [2.05, 4.69) is 46.5 Å². The van der Waals surface area contributed by atoms with Crippen molar-refractivity contribution in [3.8, 4) is 6.07 Å². The van der Waals surface area contributed by atoms with E-state index < -0.39 is 0 Å². The van der Waals surface area contributed by atoms with Gasteiger partial charge in [0.25, 0.3) is 0 Å². The number of hydrogen-bond donors (Lipinski definition) is 0. The molecule has 1 unspecified atom stereocenters. The van der Waals surface area contributed by atoms with Crippen LogP contribution in [0, 0.1) is 29.1 Å². The van der Waals surface area contributed by atoms with Gasteiger partial charge in [0.15, 0.2) is 5.84 Å². The molecule has 0 aromatic heterocycles. The van der Waals surface area contributed by atoms with Gasteiger partial charge in [-0.1, -0.05) is 47.6 Å². The monoisotopic (exact) mass is 383 g/mol. The number of nitriles is 1. The zero-order chi connectivity index (χ0) is 19.4. The Bertz CT molecular complexity index is 971. The van der Waals surface area contributed by atoms with Crippen molar-refractivity contribution in [3.63, 3.8) is 0 Å². The minimum absolute atomic E-state index is 0.118. The van der Waals surface area contributed by atoms with Crippen molar-refractivity contribution in [2.75, 3.05) is 0 Å². The zero-order valence-electron chi connectivity index (χ0n) is 16.5. The van der Waals surface area contributed by atoms with Gasteiger partial charge in [-0.2, -0.15) is 5.26 Å². The Labute approximate surface area is 171 Å². The Morgan fingerprint density at radius 3 is 2.28 bits per heavy atom. The molecule has 1 atom stereocenters. The topological polar surface area (TPSA) is 48.6 Å². The first-order valence-electron chi connectivity index (χ1n) is 10.8. The van der Waals surface area contributed by atoms with Crippen molar-refractivity contribution in [2.24, 2.45) is 22.9 Å². The molecule has 4 heteroatoms. The van der Waals surface area contributed by atoms with Crippen molar-refractivity contribution in [1.29, 1.82) is 5.26 Å². The van der Waals surface area contributed by atoms with E-state index in [0.29, 0.717) is 5.56 Å². The van der Waals surface area contributed by atoms with Gasteiger partial charge >= 0.3 is 0 Å². The smallest absolute Gasteiger partial charge is 0.227 e. The second-order valence-electron chi connectivity index (χ2n) is 9.49. The van der Waals surface area contributed by atoms with Crippen LogP contribution in [0.3, 0.4) is 0 Å². The molecular weight excluding hydrogens is 358 g/mol. The maximum Gasteiger partial charge on any atom is 0.227 e. The summed E-state index contributed by atoms with van der Waals surface area (Å²) in [6.07, 6.45) is 7.67. The van der Waals surface area contributed by atoms with Crippen LogP contribution in [0.15, 0.2) is 59.8 Å². The lowest BCUT2D eigenvalue weighted by atomic mass is 9.52. The van der Waals surface area contributed by atoms with Gasteiger partial charge in [0.05, 0.1) is 11.6 Å². The lowest BCUT2D eigenvalue weighted by Gasteiger charge is -2.60. The normalized spacial score (nSPS) is 34.6.